The number of Topliss-reactive ketones (excluding diaryl/α,β-unsaturated/α-hetero) is 1. The fourth-order valence-corrected chi connectivity index (χ4v) is 5.56. The van der Waals surface area contributed by atoms with Gasteiger partial charge in [0, 0.05) is 5.57 Å². The molecule has 1 saturated carbocycles. The molecule has 0 bridgehead atoms. The van der Waals surface area contributed by atoms with Gasteiger partial charge in [0.1, 0.15) is 5.71 Å². The molecule has 0 saturated heterocycles. The highest BCUT2D eigenvalue weighted by Crippen LogP contribution is 2.57. The molecule has 0 atom stereocenters. The molecule has 2 heterocycles. The summed E-state index contributed by atoms with van der Waals surface area (Å²) < 4.78 is 0. The first-order chi connectivity index (χ1) is 15.4. The van der Waals surface area contributed by atoms with Crippen LogP contribution in [-0.2, 0) is 9.59 Å². The highest BCUT2D eigenvalue weighted by atomic mass is 35.5. The number of carbonyl (C=O) groups is 2. The normalized spacial score (nSPS) is 22.1. The lowest BCUT2D eigenvalue weighted by Gasteiger charge is -2.22. The van der Waals surface area contributed by atoms with Crippen LogP contribution in [0, 0.1) is 5.41 Å². The smallest absolute Gasteiger partial charge is 0.281 e. The molecule has 1 aliphatic heterocycles. The van der Waals surface area contributed by atoms with Crippen molar-refractivity contribution >= 4 is 46.0 Å². The summed E-state index contributed by atoms with van der Waals surface area (Å²) >= 11 is 7.93. The molecule has 4 nitrogen and oxygen atoms in total. The number of amides is 1. The van der Waals surface area contributed by atoms with Crippen LogP contribution in [0.3, 0.4) is 0 Å². The molecule has 1 fully saturated rings. The minimum Gasteiger partial charge on any atom is -0.289 e. The number of para-hydroxylation sites is 1. The number of hydrazone groups is 1. The zero-order valence-electron chi connectivity index (χ0n) is 18.0. The average molecular weight is 463 g/mol. The third kappa shape index (κ3) is 3.40. The second-order valence-electron chi connectivity index (χ2n) is 8.57. The van der Waals surface area contributed by atoms with Crippen LogP contribution in [0.4, 0.5) is 5.69 Å². The number of anilines is 1. The number of rotatable bonds is 5. The number of carbonyl (C=O) groups excluding carboxylic acids is 2. The van der Waals surface area contributed by atoms with E-state index in [1.807, 2.05) is 48.7 Å². The van der Waals surface area contributed by atoms with Crippen molar-refractivity contribution in [2.75, 3.05) is 5.01 Å². The molecule has 2 aliphatic carbocycles. The zero-order valence-corrected chi connectivity index (χ0v) is 19.6. The molecule has 0 N–H and O–H groups in total. The molecule has 32 heavy (non-hydrogen) atoms. The van der Waals surface area contributed by atoms with E-state index >= 15 is 0 Å². The maximum atomic E-state index is 13.7. The Morgan fingerprint density at radius 2 is 1.91 bits per heavy atom. The van der Waals surface area contributed by atoms with Crippen LogP contribution in [0.1, 0.15) is 44.4 Å². The summed E-state index contributed by atoms with van der Waals surface area (Å²) in [6, 6.07) is 11.1. The van der Waals surface area contributed by atoms with E-state index in [9.17, 15) is 9.59 Å². The Morgan fingerprint density at radius 3 is 2.56 bits per heavy atom. The van der Waals surface area contributed by atoms with Crippen LogP contribution in [0.25, 0.3) is 0 Å². The van der Waals surface area contributed by atoms with E-state index < -0.39 is 0 Å². The standard InChI is InChI=1S/C26H23ClN2O2S/c1-3-10-26(11-12-26)18-15-17(14-16(2)24(18)30)22-23(21-9-6-13-32-21)28-29(25(22)31)20-8-5-4-7-19(20)27/h4-9,13-15H,3,10-12H2,1-2H3/b22-17+. The van der Waals surface area contributed by atoms with Gasteiger partial charge in [-0.2, -0.15) is 10.1 Å². The monoisotopic (exact) mass is 462 g/mol. The Morgan fingerprint density at radius 1 is 1.12 bits per heavy atom. The quantitative estimate of drug-likeness (QED) is 0.477. The molecule has 1 aromatic carbocycles. The summed E-state index contributed by atoms with van der Waals surface area (Å²) in [6.45, 7) is 3.99. The van der Waals surface area contributed by atoms with E-state index in [1.165, 1.54) is 16.3 Å². The minimum absolute atomic E-state index is 0.0442. The molecule has 0 radical (unpaired) electrons. The van der Waals surface area contributed by atoms with Gasteiger partial charge in [0.15, 0.2) is 5.78 Å². The van der Waals surface area contributed by atoms with E-state index in [4.69, 9.17) is 16.7 Å². The molecular formula is C26H23ClN2O2S. The van der Waals surface area contributed by atoms with Gasteiger partial charge in [-0.15, -0.1) is 11.3 Å². The van der Waals surface area contributed by atoms with Crippen LogP contribution in [0.15, 0.2) is 81.3 Å². The van der Waals surface area contributed by atoms with Crippen molar-refractivity contribution in [1.82, 2.24) is 0 Å². The van der Waals surface area contributed by atoms with Crippen molar-refractivity contribution in [3.8, 4) is 0 Å². The molecule has 0 spiro atoms. The second-order valence-corrected chi connectivity index (χ2v) is 9.92. The Labute approximate surface area is 196 Å². The highest BCUT2D eigenvalue weighted by molar-refractivity contribution is 7.12. The third-order valence-electron chi connectivity index (χ3n) is 6.40. The number of hydrogen-bond donors (Lipinski definition) is 0. The Bertz CT molecular complexity index is 1250. The fourth-order valence-electron chi connectivity index (χ4n) is 4.63. The van der Waals surface area contributed by atoms with Crippen molar-refractivity contribution in [3.05, 3.63) is 86.1 Å². The lowest BCUT2D eigenvalue weighted by molar-refractivity contribution is -0.114. The van der Waals surface area contributed by atoms with Crippen LogP contribution in [-0.4, -0.2) is 17.4 Å². The highest BCUT2D eigenvalue weighted by Gasteiger charge is 2.48. The van der Waals surface area contributed by atoms with Crippen molar-refractivity contribution in [3.63, 3.8) is 0 Å². The number of benzene rings is 1. The van der Waals surface area contributed by atoms with E-state index in [1.54, 1.807) is 12.1 Å². The number of hydrogen-bond acceptors (Lipinski definition) is 4. The summed E-state index contributed by atoms with van der Waals surface area (Å²) in [5.74, 6) is -0.130. The number of nitrogens with zero attached hydrogens (tertiary/aromatic N) is 2. The Balaban J connectivity index is 1.69. The van der Waals surface area contributed by atoms with E-state index in [0.717, 1.165) is 41.7 Å². The molecule has 5 rings (SSSR count). The van der Waals surface area contributed by atoms with E-state index in [2.05, 4.69) is 6.92 Å². The maximum Gasteiger partial charge on any atom is 0.281 e. The summed E-state index contributed by atoms with van der Waals surface area (Å²) in [5, 5.41) is 8.52. The van der Waals surface area contributed by atoms with Gasteiger partial charge in [-0.1, -0.05) is 43.1 Å². The van der Waals surface area contributed by atoms with Crippen molar-refractivity contribution in [2.45, 2.75) is 39.5 Å². The van der Waals surface area contributed by atoms with Crippen LogP contribution < -0.4 is 5.01 Å². The second kappa shape index (κ2) is 7.98. The minimum atomic E-state index is -0.231. The first-order valence-corrected chi connectivity index (χ1v) is 12.1. The van der Waals surface area contributed by atoms with Gasteiger partial charge >= 0.3 is 0 Å². The first kappa shape index (κ1) is 21.1. The predicted molar refractivity (Wildman–Crippen MR) is 130 cm³/mol. The number of allylic oxidation sites excluding steroid dienone is 5. The topological polar surface area (TPSA) is 49.7 Å². The van der Waals surface area contributed by atoms with Crippen molar-refractivity contribution in [2.24, 2.45) is 10.5 Å². The molecule has 2 aromatic rings. The van der Waals surface area contributed by atoms with Gasteiger partial charge < -0.3 is 0 Å². The Kier molecular flexibility index (Phi) is 5.26. The molecule has 162 valence electrons. The van der Waals surface area contributed by atoms with Gasteiger partial charge in [0.2, 0.25) is 0 Å². The lowest BCUT2D eigenvalue weighted by Crippen LogP contribution is -2.24. The molecule has 1 amide bonds. The average Bonchev–Trinajstić information content (AvgIpc) is 3.19. The van der Waals surface area contributed by atoms with Crippen molar-refractivity contribution in [1.29, 1.82) is 0 Å². The van der Waals surface area contributed by atoms with Crippen LogP contribution in [0.2, 0.25) is 5.02 Å². The SMILES string of the molecule is CCCC1(C2=C/C(=C3/C(=O)N(c4ccccc4Cl)N=C3c3cccs3)C=C(C)C2=O)CC1. The summed E-state index contributed by atoms with van der Waals surface area (Å²) in [7, 11) is 0. The molecule has 3 aliphatic rings. The Hall–Kier alpha value is -2.76. The summed E-state index contributed by atoms with van der Waals surface area (Å²) in [5.41, 5.74) is 3.91. The van der Waals surface area contributed by atoms with Gasteiger partial charge in [0.25, 0.3) is 5.91 Å². The third-order valence-corrected chi connectivity index (χ3v) is 7.59. The summed E-state index contributed by atoms with van der Waals surface area (Å²) in [6.07, 6.45) is 7.86. The molecule has 6 heteroatoms. The van der Waals surface area contributed by atoms with Crippen LogP contribution in [0.5, 0.6) is 0 Å². The number of halogens is 1. The fraction of sp³-hybridized carbons (Fsp3) is 0.269. The van der Waals surface area contributed by atoms with Gasteiger partial charge in [-0.3, -0.25) is 9.59 Å². The molecule has 0 unspecified atom stereocenters. The number of ketones is 1. The molecular weight excluding hydrogens is 440 g/mol. The first-order valence-electron chi connectivity index (χ1n) is 10.9. The lowest BCUT2D eigenvalue weighted by atomic mass is 9.80. The van der Waals surface area contributed by atoms with E-state index in [0.29, 0.717) is 27.6 Å². The van der Waals surface area contributed by atoms with Crippen molar-refractivity contribution < 1.29 is 9.59 Å². The van der Waals surface area contributed by atoms with Gasteiger partial charge in [-0.25, -0.2) is 0 Å². The summed E-state index contributed by atoms with van der Waals surface area (Å²) in [4.78, 5) is 27.7. The van der Waals surface area contributed by atoms with Gasteiger partial charge in [0.05, 0.1) is 21.2 Å². The largest absolute Gasteiger partial charge is 0.289 e. The van der Waals surface area contributed by atoms with E-state index in [-0.39, 0.29) is 17.1 Å². The predicted octanol–water partition coefficient (Wildman–Crippen LogP) is 6.48. The zero-order chi connectivity index (χ0) is 22.5. The molecule has 1 aromatic heterocycles. The number of thiophene rings is 1. The van der Waals surface area contributed by atoms with Crippen LogP contribution >= 0.6 is 22.9 Å². The van der Waals surface area contributed by atoms with Gasteiger partial charge in [-0.05, 0) is 78.5 Å². The maximum absolute atomic E-state index is 13.7.